The van der Waals surface area contributed by atoms with Crippen LogP contribution in [0.15, 0.2) is 0 Å². The van der Waals surface area contributed by atoms with Gasteiger partial charge in [0.25, 0.3) is 0 Å². The van der Waals surface area contributed by atoms with Gasteiger partial charge in [-0.25, -0.2) is 0 Å². The molecule has 70 valence electrons. The normalized spacial score (nSPS) is 24.0. The van der Waals surface area contributed by atoms with E-state index >= 15 is 0 Å². The predicted octanol–water partition coefficient (Wildman–Crippen LogP) is 1.00. The predicted molar refractivity (Wildman–Crippen MR) is 54.0 cm³/mol. The fourth-order valence-corrected chi connectivity index (χ4v) is 1.48. The molecule has 1 saturated heterocycles. The van der Waals surface area contributed by atoms with Gasteiger partial charge >= 0.3 is 0 Å². The lowest BCUT2D eigenvalue weighted by Gasteiger charge is -2.08. The minimum absolute atomic E-state index is 0. The fraction of sp³-hybridized carbons (Fsp3) is 1.00. The average Bonchev–Trinajstić information content (AvgIpc) is 2.17. The molecule has 1 rings (SSSR count). The van der Waals surface area contributed by atoms with Crippen molar-refractivity contribution < 1.29 is 0 Å². The Labute approximate surface area is 81.5 Å². The molecule has 1 aliphatic rings. The lowest BCUT2D eigenvalue weighted by Crippen LogP contribution is -2.21. The maximum Gasteiger partial charge on any atom is 0.00192 e. The highest BCUT2D eigenvalue weighted by molar-refractivity contribution is 5.85. The van der Waals surface area contributed by atoms with E-state index in [4.69, 9.17) is 0 Å². The molecule has 0 aromatic rings. The van der Waals surface area contributed by atoms with E-state index in [2.05, 4.69) is 17.3 Å². The third-order valence-electron chi connectivity index (χ3n) is 1.98. The largest absolute Gasteiger partial charge is 0.319 e. The Balaban J connectivity index is 0. The van der Waals surface area contributed by atoms with Gasteiger partial charge in [-0.2, -0.15) is 0 Å². The second-order valence-corrected chi connectivity index (χ2v) is 2.97. The standard InChI is InChI=1S/C7H16N2.2ClH/c1-8-5-7-3-4-9(2)6-7;;/h7-8H,3-6H2,1-2H3;2*1H/t7-;;/m1../s1. The molecule has 1 fully saturated rings. The SMILES string of the molecule is CNC[C@H]1CCN(C)C1.Cl.Cl. The highest BCUT2D eigenvalue weighted by Gasteiger charge is 2.17. The first-order valence-corrected chi connectivity index (χ1v) is 3.66. The Morgan fingerprint density at radius 1 is 1.45 bits per heavy atom. The van der Waals surface area contributed by atoms with Crippen molar-refractivity contribution in [2.75, 3.05) is 33.7 Å². The Hall–Kier alpha value is 0.500. The van der Waals surface area contributed by atoms with Crippen molar-refractivity contribution in [1.29, 1.82) is 0 Å². The molecule has 11 heavy (non-hydrogen) atoms. The molecule has 0 saturated carbocycles. The highest BCUT2D eigenvalue weighted by Crippen LogP contribution is 2.12. The minimum atomic E-state index is 0. The van der Waals surface area contributed by atoms with Gasteiger partial charge in [-0.15, -0.1) is 24.8 Å². The van der Waals surface area contributed by atoms with Crippen LogP contribution in [0.1, 0.15) is 6.42 Å². The van der Waals surface area contributed by atoms with Gasteiger partial charge in [0.05, 0.1) is 0 Å². The van der Waals surface area contributed by atoms with Crippen molar-refractivity contribution in [3.63, 3.8) is 0 Å². The minimum Gasteiger partial charge on any atom is -0.319 e. The van der Waals surface area contributed by atoms with E-state index in [9.17, 15) is 0 Å². The molecule has 0 aromatic heterocycles. The average molecular weight is 201 g/mol. The third kappa shape index (κ3) is 4.86. The first-order chi connectivity index (χ1) is 4.33. The Morgan fingerprint density at radius 3 is 2.45 bits per heavy atom. The van der Waals surface area contributed by atoms with Gasteiger partial charge in [0.2, 0.25) is 0 Å². The second-order valence-electron chi connectivity index (χ2n) is 2.97. The second kappa shape index (κ2) is 7.17. The van der Waals surface area contributed by atoms with Crippen molar-refractivity contribution in [2.24, 2.45) is 5.92 Å². The molecular formula is C7H18Cl2N2. The molecule has 1 N–H and O–H groups in total. The maximum absolute atomic E-state index is 3.20. The third-order valence-corrected chi connectivity index (χ3v) is 1.98. The molecule has 1 aliphatic heterocycles. The molecule has 4 heteroatoms. The van der Waals surface area contributed by atoms with Crippen molar-refractivity contribution >= 4 is 24.8 Å². The summed E-state index contributed by atoms with van der Waals surface area (Å²) in [7, 11) is 4.22. The van der Waals surface area contributed by atoms with Crippen LogP contribution >= 0.6 is 24.8 Å². The highest BCUT2D eigenvalue weighted by atomic mass is 35.5. The van der Waals surface area contributed by atoms with E-state index in [1.165, 1.54) is 26.1 Å². The van der Waals surface area contributed by atoms with Crippen molar-refractivity contribution in [2.45, 2.75) is 6.42 Å². The first kappa shape index (κ1) is 14.0. The summed E-state index contributed by atoms with van der Waals surface area (Å²) in [4.78, 5) is 2.39. The quantitative estimate of drug-likeness (QED) is 0.717. The summed E-state index contributed by atoms with van der Waals surface area (Å²) in [5.74, 6) is 0.903. The first-order valence-electron chi connectivity index (χ1n) is 3.66. The number of nitrogens with zero attached hydrogens (tertiary/aromatic N) is 1. The smallest absolute Gasteiger partial charge is 0.00192 e. The summed E-state index contributed by atoms with van der Waals surface area (Å²) in [6, 6.07) is 0. The molecule has 0 aliphatic carbocycles. The molecule has 0 spiro atoms. The number of likely N-dealkylation sites (tertiary alicyclic amines) is 1. The van der Waals surface area contributed by atoms with E-state index in [0.29, 0.717) is 0 Å². The molecular weight excluding hydrogens is 183 g/mol. The van der Waals surface area contributed by atoms with Crippen LogP contribution in [-0.2, 0) is 0 Å². The van der Waals surface area contributed by atoms with Gasteiger partial charge in [-0.1, -0.05) is 0 Å². The van der Waals surface area contributed by atoms with Crippen molar-refractivity contribution in [3.8, 4) is 0 Å². The van der Waals surface area contributed by atoms with Gasteiger partial charge in [0.15, 0.2) is 0 Å². The number of rotatable bonds is 2. The Bertz CT molecular complexity index is 88.5. The van der Waals surface area contributed by atoms with Crippen LogP contribution in [0.3, 0.4) is 0 Å². The van der Waals surface area contributed by atoms with E-state index in [-0.39, 0.29) is 24.8 Å². The number of hydrogen-bond donors (Lipinski definition) is 1. The van der Waals surface area contributed by atoms with Gasteiger partial charge in [0.1, 0.15) is 0 Å². The molecule has 0 bridgehead atoms. The molecule has 0 aromatic carbocycles. The molecule has 1 heterocycles. The van der Waals surface area contributed by atoms with Crippen LogP contribution in [0.4, 0.5) is 0 Å². The molecule has 2 nitrogen and oxygen atoms in total. The van der Waals surface area contributed by atoms with Crippen LogP contribution in [0.5, 0.6) is 0 Å². The summed E-state index contributed by atoms with van der Waals surface area (Å²) in [5, 5.41) is 3.20. The van der Waals surface area contributed by atoms with Gasteiger partial charge < -0.3 is 10.2 Å². The Morgan fingerprint density at radius 2 is 2.09 bits per heavy atom. The zero-order chi connectivity index (χ0) is 6.69. The van der Waals surface area contributed by atoms with Crippen molar-refractivity contribution in [3.05, 3.63) is 0 Å². The monoisotopic (exact) mass is 200 g/mol. The zero-order valence-corrected chi connectivity index (χ0v) is 8.80. The molecule has 0 radical (unpaired) electrons. The topological polar surface area (TPSA) is 15.3 Å². The van der Waals surface area contributed by atoms with Crippen LogP contribution in [-0.4, -0.2) is 38.6 Å². The fourth-order valence-electron chi connectivity index (χ4n) is 1.48. The van der Waals surface area contributed by atoms with E-state index < -0.39 is 0 Å². The van der Waals surface area contributed by atoms with Gasteiger partial charge in [-0.3, -0.25) is 0 Å². The summed E-state index contributed by atoms with van der Waals surface area (Å²) in [5.41, 5.74) is 0. The summed E-state index contributed by atoms with van der Waals surface area (Å²) in [6.45, 7) is 3.75. The van der Waals surface area contributed by atoms with Gasteiger partial charge in [-0.05, 0) is 39.5 Å². The summed E-state index contributed by atoms with van der Waals surface area (Å²) < 4.78 is 0. The van der Waals surface area contributed by atoms with Crippen LogP contribution in [0.25, 0.3) is 0 Å². The number of nitrogens with one attached hydrogen (secondary N) is 1. The lowest BCUT2D eigenvalue weighted by molar-refractivity contribution is 0.392. The van der Waals surface area contributed by atoms with E-state index in [1.54, 1.807) is 0 Å². The number of halogens is 2. The lowest BCUT2D eigenvalue weighted by atomic mass is 10.1. The molecule has 1 atom stereocenters. The Kier molecular flexibility index (Phi) is 9.15. The molecule has 0 unspecified atom stereocenters. The van der Waals surface area contributed by atoms with Crippen LogP contribution < -0.4 is 5.32 Å². The van der Waals surface area contributed by atoms with Crippen LogP contribution in [0, 0.1) is 5.92 Å². The number of hydrogen-bond acceptors (Lipinski definition) is 2. The van der Waals surface area contributed by atoms with Crippen molar-refractivity contribution in [1.82, 2.24) is 10.2 Å². The van der Waals surface area contributed by atoms with E-state index in [0.717, 1.165) is 5.92 Å². The van der Waals surface area contributed by atoms with E-state index in [1.807, 2.05) is 7.05 Å². The zero-order valence-electron chi connectivity index (χ0n) is 7.17. The maximum atomic E-state index is 3.20. The molecule has 0 amide bonds. The summed E-state index contributed by atoms with van der Waals surface area (Å²) in [6.07, 6.45) is 1.37. The van der Waals surface area contributed by atoms with Gasteiger partial charge in [0, 0.05) is 6.54 Å². The van der Waals surface area contributed by atoms with Crippen LogP contribution in [0.2, 0.25) is 0 Å². The summed E-state index contributed by atoms with van der Waals surface area (Å²) >= 11 is 0.